The topological polar surface area (TPSA) is 74.7 Å². The van der Waals surface area contributed by atoms with Crippen molar-refractivity contribution in [2.24, 2.45) is 0 Å². The Hall–Kier alpha value is -1.23. The summed E-state index contributed by atoms with van der Waals surface area (Å²) in [5, 5.41) is 5.78. The van der Waals surface area contributed by atoms with Gasteiger partial charge in [-0.2, -0.15) is 0 Å². The van der Waals surface area contributed by atoms with Gasteiger partial charge in [-0.05, 0) is 28.1 Å². The Morgan fingerprint density at radius 1 is 1.33 bits per heavy atom. The van der Waals surface area contributed by atoms with E-state index in [-0.39, 0.29) is 5.56 Å². The average molecular weight is 228 g/mol. The lowest BCUT2D eigenvalue weighted by Crippen LogP contribution is -1.99. The van der Waals surface area contributed by atoms with Gasteiger partial charge in [-0.3, -0.25) is 15.0 Å². The van der Waals surface area contributed by atoms with Crippen LogP contribution in [0.5, 0.6) is 0 Å². The van der Waals surface area contributed by atoms with Crippen molar-refractivity contribution in [1.82, 2.24) is 10.2 Å². The number of hydrogen-bond donors (Lipinski definition) is 3. The van der Waals surface area contributed by atoms with E-state index in [1.54, 1.807) is 12.1 Å². The number of aromatic amines is 2. The maximum atomic E-state index is 11.2. The van der Waals surface area contributed by atoms with E-state index >= 15 is 0 Å². The largest absolute Gasteiger partial charge is 0.398 e. The fourth-order valence-corrected chi connectivity index (χ4v) is 1.63. The fraction of sp³-hybridized carbons (Fsp3) is 0. The van der Waals surface area contributed by atoms with Crippen molar-refractivity contribution in [2.75, 3.05) is 5.73 Å². The van der Waals surface area contributed by atoms with Gasteiger partial charge >= 0.3 is 0 Å². The molecule has 0 aliphatic rings. The summed E-state index contributed by atoms with van der Waals surface area (Å²) in [6, 6.07) is 3.49. The second-order valence-electron chi connectivity index (χ2n) is 2.47. The number of nitrogens with one attached hydrogen (secondary N) is 2. The van der Waals surface area contributed by atoms with E-state index in [0.29, 0.717) is 15.5 Å². The summed E-state index contributed by atoms with van der Waals surface area (Å²) in [7, 11) is 0. The van der Waals surface area contributed by atoms with Crippen molar-refractivity contribution >= 4 is 32.5 Å². The van der Waals surface area contributed by atoms with Gasteiger partial charge in [-0.1, -0.05) is 0 Å². The SMILES string of the molecule is Nc1ccc2[nH][nH]c(=O)c2c1Br. The Kier molecular flexibility index (Phi) is 1.47. The number of nitrogen functional groups attached to an aromatic ring is 1. The second kappa shape index (κ2) is 2.38. The van der Waals surface area contributed by atoms with Crippen LogP contribution in [-0.4, -0.2) is 10.2 Å². The van der Waals surface area contributed by atoms with E-state index in [9.17, 15) is 4.79 Å². The summed E-state index contributed by atoms with van der Waals surface area (Å²) in [6.07, 6.45) is 0. The molecule has 2 rings (SSSR count). The Morgan fingerprint density at radius 3 is 2.83 bits per heavy atom. The maximum Gasteiger partial charge on any atom is 0.273 e. The van der Waals surface area contributed by atoms with Crippen molar-refractivity contribution in [3.63, 3.8) is 0 Å². The lowest BCUT2D eigenvalue weighted by Gasteiger charge is -1.96. The van der Waals surface area contributed by atoms with Gasteiger partial charge in [-0.25, -0.2) is 0 Å². The first kappa shape index (κ1) is 7.42. The lowest BCUT2D eigenvalue weighted by atomic mass is 10.2. The molecular formula is C7H6BrN3O. The molecule has 0 saturated carbocycles. The molecule has 0 aliphatic heterocycles. The van der Waals surface area contributed by atoms with E-state index in [1.165, 1.54) is 0 Å². The van der Waals surface area contributed by atoms with Crippen LogP contribution in [0.15, 0.2) is 21.4 Å². The van der Waals surface area contributed by atoms with E-state index in [2.05, 4.69) is 26.1 Å². The van der Waals surface area contributed by atoms with Crippen LogP contribution in [0.2, 0.25) is 0 Å². The number of hydrogen-bond acceptors (Lipinski definition) is 2. The molecule has 1 heterocycles. The summed E-state index contributed by atoms with van der Waals surface area (Å²) < 4.78 is 0.641. The summed E-state index contributed by atoms with van der Waals surface area (Å²) in [5.41, 5.74) is 6.75. The quantitative estimate of drug-likeness (QED) is 0.592. The third-order valence-electron chi connectivity index (χ3n) is 1.71. The van der Waals surface area contributed by atoms with Gasteiger partial charge in [-0.15, -0.1) is 0 Å². The monoisotopic (exact) mass is 227 g/mol. The van der Waals surface area contributed by atoms with Gasteiger partial charge in [0.2, 0.25) is 0 Å². The molecule has 0 radical (unpaired) electrons. The predicted octanol–water partition coefficient (Wildman–Crippen LogP) is 1.20. The van der Waals surface area contributed by atoms with Gasteiger partial charge < -0.3 is 5.73 Å². The molecule has 0 spiro atoms. The fourth-order valence-electron chi connectivity index (χ4n) is 1.10. The summed E-state index contributed by atoms with van der Waals surface area (Å²) in [6.45, 7) is 0. The molecule has 0 saturated heterocycles. The molecule has 4 N–H and O–H groups in total. The minimum absolute atomic E-state index is 0.163. The first-order valence-electron chi connectivity index (χ1n) is 3.34. The van der Waals surface area contributed by atoms with Gasteiger partial charge in [0.15, 0.2) is 0 Å². The van der Waals surface area contributed by atoms with E-state index < -0.39 is 0 Å². The number of rotatable bonds is 0. The summed E-state index contributed by atoms with van der Waals surface area (Å²) in [5.74, 6) is 0. The molecule has 12 heavy (non-hydrogen) atoms. The van der Waals surface area contributed by atoms with Crippen LogP contribution >= 0.6 is 15.9 Å². The Bertz CT molecular complexity index is 485. The van der Waals surface area contributed by atoms with Crippen LogP contribution in [0.3, 0.4) is 0 Å². The van der Waals surface area contributed by atoms with E-state index in [0.717, 1.165) is 5.52 Å². The summed E-state index contributed by atoms with van der Waals surface area (Å²) >= 11 is 3.25. The molecule has 4 nitrogen and oxygen atoms in total. The number of nitrogens with two attached hydrogens (primary N) is 1. The normalized spacial score (nSPS) is 10.8. The minimum atomic E-state index is -0.163. The Morgan fingerprint density at radius 2 is 2.08 bits per heavy atom. The van der Waals surface area contributed by atoms with Crippen LogP contribution in [-0.2, 0) is 0 Å². The highest BCUT2D eigenvalue weighted by molar-refractivity contribution is 9.10. The zero-order valence-electron chi connectivity index (χ0n) is 6.02. The Labute approximate surface area is 75.9 Å². The van der Waals surface area contributed by atoms with Crippen molar-refractivity contribution in [3.8, 4) is 0 Å². The van der Waals surface area contributed by atoms with Crippen LogP contribution in [0.4, 0.5) is 5.69 Å². The molecular weight excluding hydrogens is 222 g/mol. The minimum Gasteiger partial charge on any atom is -0.398 e. The maximum absolute atomic E-state index is 11.2. The number of H-pyrrole nitrogens is 2. The highest BCUT2D eigenvalue weighted by Crippen LogP contribution is 2.25. The van der Waals surface area contributed by atoms with Crippen molar-refractivity contribution in [2.45, 2.75) is 0 Å². The number of benzene rings is 1. The third kappa shape index (κ3) is 0.863. The van der Waals surface area contributed by atoms with Crippen molar-refractivity contribution in [3.05, 3.63) is 27.0 Å². The van der Waals surface area contributed by atoms with E-state index in [4.69, 9.17) is 5.73 Å². The zero-order chi connectivity index (χ0) is 8.72. The van der Waals surface area contributed by atoms with Crippen LogP contribution < -0.4 is 11.3 Å². The number of halogens is 1. The molecule has 1 aromatic heterocycles. The molecule has 0 bridgehead atoms. The molecule has 0 atom stereocenters. The van der Waals surface area contributed by atoms with Crippen molar-refractivity contribution < 1.29 is 0 Å². The van der Waals surface area contributed by atoms with Crippen LogP contribution in [0.25, 0.3) is 10.9 Å². The Balaban J connectivity index is 3.06. The molecule has 5 heteroatoms. The lowest BCUT2D eigenvalue weighted by molar-refractivity contribution is 1.08. The third-order valence-corrected chi connectivity index (χ3v) is 2.56. The summed E-state index contributed by atoms with van der Waals surface area (Å²) in [4.78, 5) is 11.2. The van der Waals surface area contributed by atoms with Crippen molar-refractivity contribution in [1.29, 1.82) is 0 Å². The highest BCUT2D eigenvalue weighted by Gasteiger charge is 2.06. The number of aromatic nitrogens is 2. The number of anilines is 1. The van der Waals surface area contributed by atoms with Crippen LogP contribution in [0.1, 0.15) is 0 Å². The molecule has 62 valence electrons. The van der Waals surface area contributed by atoms with Gasteiger partial charge in [0.1, 0.15) is 0 Å². The first-order chi connectivity index (χ1) is 5.70. The highest BCUT2D eigenvalue weighted by atomic mass is 79.9. The predicted molar refractivity (Wildman–Crippen MR) is 51.0 cm³/mol. The molecule has 0 fully saturated rings. The van der Waals surface area contributed by atoms with Gasteiger partial charge in [0, 0.05) is 5.69 Å². The van der Waals surface area contributed by atoms with Gasteiger partial charge in [0.25, 0.3) is 5.56 Å². The molecule has 0 aliphatic carbocycles. The van der Waals surface area contributed by atoms with Crippen LogP contribution in [0, 0.1) is 0 Å². The van der Waals surface area contributed by atoms with Gasteiger partial charge in [0.05, 0.1) is 15.4 Å². The number of fused-ring (bicyclic) bond motifs is 1. The average Bonchev–Trinajstić information content (AvgIpc) is 2.41. The molecule has 2 aromatic rings. The molecule has 1 aromatic carbocycles. The second-order valence-corrected chi connectivity index (χ2v) is 3.26. The first-order valence-corrected chi connectivity index (χ1v) is 4.14. The smallest absolute Gasteiger partial charge is 0.273 e. The van der Waals surface area contributed by atoms with E-state index in [1.807, 2.05) is 0 Å². The molecule has 0 unspecified atom stereocenters. The zero-order valence-corrected chi connectivity index (χ0v) is 7.60. The standard InChI is InChI=1S/C7H6BrN3O/c8-6-3(9)1-2-4-5(6)7(12)11-10-4/h1-2H,9H2,(H2,10,11,12). The molecule has 0 amide bonds.